The first-order chi connectivity index (χ1) is 24.3. The Morgan fingerprint density at radius 1 is 0.327 bits per heavy atom. The third kappa shape index (κ3) is 5.56. The van der Waals surface area contributed by atoms with Gasteiger partial charge in [0.05, 0.1) is 22.8 Å². The van der Waals surface area contributed by atoms with E-state index in [9.17, 15) is 0 Å². The molecule has 230 valence electrons. The summed E-state index contributed by atoms with van der Waals surface area (Å²) < 4.78 is 2.41. The molecule has 0 aliphatic carbocycles. The Morgan fingerprint density at radius 2 is 0.796 bits per heavy atom. The van der Waals surface area contributed by atoms with Crippen molar-refractivity contribution >= 4 is 31.5 Å². The van der Waals surface area contributed by atoms with Gasteiger partial charge in [-0.1, -0.05) is 146 Å². The van der Waals surface area contributed by atoms with Crippen molar-refractivity contribution in [3.8, 4) is 67.8 Å². The van der Waals surface area contributed by atoms with Crippen molar-refractivity contribution in [1.82, 2.24) is 19.9 Å². The van der Waals surface area contributed by atoms with E-state index >= 15 is 0 Å². The van der Waals surface area contributed by atoms with Crippen LogP contribution in [0.4, 0.5) is 0 Å². The van der Waals surface area contributed by atoms with Crippen LogP contribution >= 0.6 is 11.3 Å². The van der Waals surface area contributed by atoms with Crippen LogP contribution < -0.4 is 0 Å². The van der Waals surface area contributed by atoms with E-state index in [4.69, 9.17) is 19.9 Å². The zero-order valence-corrected chi connectivity index (χ0v) is 27.2. The molecule has 0 atom stereocenters. The lowest BCUT2D eigenvalue weighted by molar-refractivity contribution is 1.18. The zero-order valence-electron chi connectivity index (χ0n) is 26.4. The molecular formula is C44H28N4S. The maximum atomic E-state index is 5.15. The van der Waals surface area contributed by atoms with E-state index in [0.717, 1.165) is 56.2 Å². The Kier molecular flexibility index (Phi) is 7.30. The van der Waals surface area contributed by atoms with Crippen molar-refractivity contribution in [2.75, 3.05) is 0 Å². The smallest absolute Gasteiger partial charge is 0.160 e. The van der Waals surface area contributed by atoms with Crippen LogP contribution in [0.25, 0.3) is 88.0 Å². The van der Waals surface area contributed by atoms with Crippen molar-refractivity contribution in [3.63, 3.8) is 0 Å². The summed E-state index contributed by atoms with van der Waals surface area (Å²) in [5.74, 6) is 1.42. The Hall–Kier alpha value is -6.30. The zero-order chi connectivity index (χ0) is 32.6. The van der Waals surface area contributed by atoms with Gasteiger partial charge in [-0.2, -0.15) is 0 Å². The second kappa shape index (κ2) is 12.4. The lowest BCUT2D eigenvalue weighted by Gasteiger charge is -2.11. The monoisotopic (exact) mass is 644 g/mol. The van der Waals surface area contributed by atoms with Gasteiger partial charge in [-0.05, 0) is 24.3 Å². The summed E-state index contributed by atoms with van der Waals surface area (Å²) in [6.45, 7) is 0. The van der Waals surface area contributed by atoms with Gasteiger partial charge in [-0.15, -0.1) is 11.3 Å². The molecule has 0 amide bonds. The maximum absolute atomic E-state index is 5.15. The third-order valence-electron chi connectivity index (χ3n) is 8.72. The van der Waals surface area contributed by atoms with Gasteiger partial charge in [0.2, 0.25) is 0 Å². The van der Waals surface area contributed by atoms with E-state index < -0.39 is 0 Å². The van der Waals surface area contributed by atoms with Gasteiger partial charge in [0, 0.05) is 53.6 Å². The number of rotatable bonds is 6. The van der Waals surface area contributed by atoms with E-state index in [1.165, 1.54) is 20.2 Å². The normalized spacial score (nSPS) is 11.3. The maximum Gasteiger partial charge on any atom is 0.160 e. The van der Waals surface area contributed by atoms with Crippen LogP contribution in [0.1, 0.15) is 0 Å². The van der Waals surface area contributed by atoms with Gasteiger partial charge in [-0.3, -0.25) is 0 Å². The molecule has 0 aliphatic rings. The fourth-order valence-electron chi connectivity index (χ4n) is 6.33. The van der Waals surface area contributed by atoms with Crippen molar-refractivity contribution in [1.29, 1.82) is 0 Å². The molecule has 0 radical (unpaired) electrons. The first-order valence-electron chi connectivity index (χ1n) is 16.2. The molecule has 0 N–H and O–H groups in total. The van der Waals surface area contributed by atoms with Crippen molar-refractivity contribution in [3.05, 3.63) is 170 Å². The summed E-state index contributed by atoms with van der Waals surface area (Å²) in [4.78, 5) is 20.2. The lowest BCUT2D eigenvalue weighted by atomic mass is 10.00. The number of nitrogens with zero attached hydrogens (tertiary/aromatic N) is 4. The van der Waals surface area contributed by atoms with E-state index in [1.807, 2.05) is 72.8 Å². The van der Waals surface area contributed by atoms with Gasteiger partial charge in [0.25, 0.3) is 0 Å². The van der Waals surface area contributed by atoms with Crippen LogP contribution in [0.15, 0.2) is 170 Å². The molecule has 4 nitrogen and oxygen atoms in total. The van der Waals surface area contributed by atoms with Crippen LogP contribution in [0, 0.1) is 0 Å². The van der Waals surface area contributed by atoms with Crippen molar-refractivity contribution in [2.24, 2.45) is 0 Å². The van der Waals surface area contributed by atoms with Crippen LogP contribution in [0.3, 0.4) is 0 Å². The fraction of sp³-hybridized carbons (Fsp3) is 0. The average molecular weight is 645 g/mol. The summed E-state index contributed by atoms with van der Waals surface area (Å²) in [7, 11) is 0. The molecule has 3 heterocycles. The molecule has 0 fully saturated rings. The molecule has 9 aromatic rings. The predicted molar refractivity (Wildman–Crippen MR) is 203 cm³/mol. The van der Waals surface area contributed by atoms with Crippen molar-refractivity contribution < 1.29 is 0 Å². The number of hydrogen-bond acceptors (Lipinski definition) is 5. The van der Waals surface area contributed by atoms with E-state index in [-0.39, 0.29) is 0 Å². The average Bonchev–Trinajstić information content (AvgIpc) is 3.57. The second-order valence-corrected chi connectivity index (χ2v) is 13.0. The fourth-order valence-corrected chi connectivity index (χ4v) is 7.50. The topological polar surface area (TPSA) is 51.6 Å². The summed E-state index contributed by atoms with van der Waals surface area (Å²) in [5.41, 5.74) is 9.83. The highest BCUT2D eigenvalue weighted by atomic mass is 32.1. The van der Waals surface area contributed by atoms with Crippen LogP contribution in [0.2, 0.25) is 0 Å². The highest BCUT2D eigenvalue weighted by Crippen LogP contribution is 2.42. The summed E-state index contributed by atoms with van der Waals surface area (Å²) in [6.07, 6.45) is 0. The molecule has 0 saturated heterocycles. The number of hydrogen-bond donors (Lipinski definition) is 0. The molecule has 0 spiro atoms. The van der Waals surface area contributed by atoms with Gasteiger partial charge in [-0.25, -0.2) is 19.9 Å². The van der Waals surface area contributed by atoms with Gasteiger partial charge in [0.15, 0.2) is 11.6 Å². The Balaban J connectivity index is 1.20. The van der Waals surface area contributed by atoms with Crippen LogP contribution in [-0.4, -0.2) is 19.9 Å². The minimum absolute atomic E-state index is 0.711. The molecule has 6 aromatic carbocycles. The van der Waals surface area contributed by atoms with Gasteiger partial charge < -0.3 is 0 Å². The molecule has 5 heteroatoms. The Morgan fingerprint density at radius 3 is 1.35 bits per heavy atom. The van der Waals surface area contributed by atoms with Gasteiger partial charge in [0.1, 0.15) is 0 Å². The second-order valence-electron chi connectivity index (χ2n) is 11.9. The molecular weight excluding hydrogens is 617 g/mol. The predicted octanol–water partition coefficient (Wildman–Crippen LogP) is 11.6. The van der Waals surface area contributed by atoms with E-state index in [2.05, 4.69) is 97.1 Å². The van der Waals surface area contributed by atoms with Crippen LogP contribution in [-0.2, 0) is 0 Å². The minimum Gasteiger partial charge on any atom is -0.228 e. The van der Waals surface area contributed by atoms with Gasteiger partial charge >= 0.3 is 0 Å². The molecule has 0 bridgehead atoms. The Bertz CT molecular complexity index is 2470. The standard InChI is InChI=1S/C44H28N4S/c1-5-14-29(15-6-1)36-27-38(47-43(45-36)31-18-9-3-10-19-31)33-24-25-35-41(26-33)49-40-23-13-22-34(42(35)40)39-28-37(30-16-7-2-8-17-30)46-44(48-39)32-20-11-4-12-21-32/h1-28H. The first kappa shape index (κ1) is 28.9. The molecule has 49 heavy (non-hydrogen) atoms. The first-order valence-corrected chi connectivity index (χ1v) is 17.0. The lowest BCUT2D eigenvalue weighted by Crippen LogP contribution is -1.96. The molecule has 3 aromatic heterocycles. The van der Waals surface area contributed by atoms with E-state index in [0.29, 0.717) is 11.6 Å². The number of fused-ring (bicyclic) bond motifs is 3. The largest absolute Gasteiger partial charge is 0.228 e. The third-order valence-corrected chi connectivity index (χ3v) is 9.84. The minimum atomic E-state index is 0.711. The Labute approximate surface area is 288 Å². The summed E-state index contributed by atoms with van der Waals surface area (Å²) >= 11 is 1.79. The van der Waals surface area contributed by atoms with Crippen molar-refractivity contribution in [2.45, 2.75) is 0 Å². The quantitative estimate of drug-likeness (QED) is 0.181. The molecule has 0 aliphatic heterocycles. The number of thiophene rings is 1. The highest BCUT2D eigenvalue weighted by Gasteiger charge is 2.17. The number of benzene rings is 6. The molecule has 0 unspecified atom stereocenters. The van der Waals surface area contributed by atoms with E-state index in [1.54, 1.807) is 11.3 Å². The van der Waals surface area contributed by atoms with Crippen LogP contribution in [0.5, 0.6) is 0 Å². The molecule has 9 rings (SSSR count). The summed E-state index contributed by atoms with van der Waals surface area (Å²) in [5, 5.41) is 2.39. The number of aromatic nitrogens is 4. The summed E-state index contributed by atoms with van der Waals surface area (Å²) in [6, 6.07) is 58.4. The highest BCUT2D eigenvalue weighted by molar-refractivity contribution is 7.26. The molecule has 0 saturated carbocycles. The SMILES string of the molecule is c1ccc(-c2cc(-c3ccc4c(c3)sc3cccc(-c5cc(-c6ccccc6)nc(-c6ccccc6)n5)c34)nc(-c3ccccc3)n2)cc1.